The van der Waals surface area contributed by atoms with Gasteiger partial charge in [0.2, 0.25) is 0 Å². The van der Waals surface area contributed by atoms with Crippen molar-refractivity contribution in [3.8, 4) is 0 Å². The lowest BCUT2D eigenvalue weighted by molar-refractivity contribution is 0.632. The SMILES string of the molecule is Nc1c(Cl)cccc1Nc1ccccc1F. The fraction of sp³-hybridized carbons (Fsp3) is 0. The molecule has 0 fully saturated rings. The summed E-state index contributed by atoms with van der Waals surface area (Å²) in [7, 11) is 0. The Morgan fingerprint density at radius 1 is 1.00 bits per heavy atom. The van der Waals surface area contributed by atoms with Gasteiger partial charge >= 0.3 is 0 Å². The van der Waals surface area contributed by atoms with Crippen LogP contribution in [0.5, 0.6) is 0 Å². The van der Waals surface area contributed by atoms with Gasteiger partial charge in [0.25, 0.3) is 0 Å². The zero-order valence-electron chi connectivity index (χ0n) is 8.37. The molecule has 0 unspecified atom stereocenters. The van der Waals surface area contributed by atoms with Crippen LogP contribution in [0.4, 0.5) is 21.5 Å². The van der Waals surface area contributed by atoms with Crippen molar-refractivity contribution in [3.63, 3.8) is 0 Å². The maximum absolute atomic E-state index is 13.4. The van der Waals surface area contributed by atoms with Gasteiger partial charge in [0, 0.05) is 0 Å². The summed E-state index contributed by atoms with van der Waals surface area (Å²) in [6, 6.07) is 11.6. The lowest BCUT2D eigenvalue weighted by atomic mass is 10.2. The highest BCUT2D eigenvalue weighted by Gasteiger charge is 2.05. The van der Waals surface area contributed by atoms with Gasteiger partial charge in [-0.1, -0.05) is 29.8 Å². The Labute approximate surface area is 97.8 Å². The Balaban J connectivity index is 2.35. The average molecular weight is 237 g/mol. The molecular weight excluding hydrogens is 227 g/mol. The largest absolute Gasteiger partial charge is 0.396 e. The molecule has 3 N–H and O–H groups in total. The summed E-state index contributed by atoms with van der Waals surface area (Å²) in [5, 5.41) is 3.34. The molecule has 0 aliphatic heterocycles. The van der Waals surface area contributed by atoms with Gasteiger partial charge in [0.05, 0.1) is 22.1 Å². The number of para-hydroxylation sites is 2. The number of anilines is 3. The van der Waals surface area contributed by atoms with Crippen molar-refractivity contribution in [1.82, 2.24) is 0 Å². The predicted molar refractivity (Wildman–Crippen MR) is 65.5 cm³/mol. The van der Waals surface area contributed by atoms with Crippen molar-refractivity contribution in [2.45, 2.75) is 0 Å². The second kappa shape index (κ2) is 4.41. The Hall–Kier alpha value is -1.74. The van der Waals surface area contributed by atoms with Gasteiger partial charge in [-0.25, -0.2) is 4.39 Å². The quantitative estimate of drug-likeness (QED) is 0.779. The molecule has 2 aromatic carbocycles. The number of nitrogens with one attached hydrogen (secondary N) is 1. The van der Waals surface area contributed by atoms with Crippen molar-refractivity contribution >= 4 is 28.7 Å². The van der Waals surface area contributed by atoms with Crippen molar-refractivity contribution in [2.75, 3.05) is 11.1 Å². The lowest BCUT2D eigenvalue weighted by Gasteiger charge is -2.10. The van der Waals surface area contributed by atoms with E-state index in [1.807, 2.05) is 0 Å². The fourth-order valence-corrected chi connectivity index (χ4v) is 1.53. The number of benzene rings is 2. The number of halogens is 2. The van der Waals surface area contributed by atoms with Crippen LogP contribution in [-0.4, -0.2) is 0 Å². The summed E-state index contributed by atoms with van der Waals surface area (Å²) in [4.78, 5) is 0. The maximum atomic E-state index is 13.4. The van der Waals surface area contributed by atoms with Crippen molar-refractivity contribution in [3.05, 3.63) is 53.3 Å². The Bertz CT molecular complexity index is 514. The summed E-state index contributed by atoms with van der Waals surface area (Å²) >= 11 is 5.86. The standard InChI is InChI=1S/C12H10ClFN2/c13-8-4-3-7-11(12(8)15)16-10-6-2-1-5-9(10)14/h1-7,16H,15H2. The molecule has 4 heteroatoms. The first-order valence-electron chi connectivity index (χ1n) is 4.74. The minimum Gasteiger partial charge on any atom is -0.396 e. The third kappa shape index (κ3) is 2.09. The van der Waals surface area contributed by atoms with E-state index in [4.69, 9.17) is 17.3 Å². The van der Waals surface area contributed by atoms with E-state index in [1.165, 1.54) is 6.07 Å². The second-order valence-electron chi connectivity index (χ2n) is 3.31. The molecule has 0 aliphatic rings. The summed E-state index contributed by atoms with van der Waals surface area (Å²) in [5.74, 6) is -0.332. The Morgan fingerprint density at radius 2 is 1.69 bits per heavy atom. The normalized spacial score (nSPS) is 10.1. The minimum absolute atomic E-state index is 0.332. The third-order valence-corrected chi connectivity index (χ3v) is 2.53. The van der Waals surface area contributed by atoms with Crippen molar-refractivity contribution in [1.29, 1.82) is 0 Å². The maximum Gasteiger partial charge on any atom is 0.146 e. The van der Waals surface area contributed by atoms with Crippen LogP contribution in [0.25, 0.3) is 0 Å². The molecular formula is C12H10ClFN2. The van der Waals surface area contributed by atoms with E-state index in [1.54, 1.807) is 36.4 Å². The molecule has 2 rings (SSSR count). The number of nitrogen functional groups attached to an aromatic ring is 1. The van der Waals surface area contributed by atoms with E-state index in [-0.39, 0.29) is 5.82 Å². The van der Waals surface area contributed by atoms with Gasteiger partial charge in [-0.3, -0.25) is 0 Å². The average Bonchev–Trinajstić information content (AvgIpc) is 2.28. The van der Waals surface area contributed by atoms with Gasteiger partial charge in [-0.05, 0) is 24.3 Å². The van der Waals surface area contributed by atoms with Gasteiger partial charge in [0.1, 0.15) is 5.82 Å². The third-order valence-electron chi connectivity index (χ3n) is 2.20. The zero-order valence-corrected chi connectivity index (χ0v) is 9.13. The second-order valence-corrected chi connectivity index (χ2v) is 3.71. The highest BCUT2D eigenvalue weighted by atomic mass is 35.5. The van der Waals surface area contributed by atoms with Gasteiger partial charge in [-0.15, -0.1) is 0 Å². The van der Waals surface area contributed by atoms with Crippen LogP contribution in [0.3, 0.4) is 0 Å². The van der Waals surface area contributed by atoms with Gasteiger partial charge in [0.15, 0.2) is 0 Å². The molecule has 0 saturated heterocycles. The monoisotopic (exact) mass is 236 g/mol. The topological polar surface area (TPSA) is 38.0 Å². The molecule has 16 heavy (non-hydrogen) atoms. The first-order chi connectivity index (χ1) is 7.68. The molecule has 0 aromatic heterocycles. The molecule has 0 bridgehead atoms. The molecule has 82 valence electrons. The summed E-state index contributed by atoms with van der Waals surface area (Å²) in [6.07, 6.45) is 0. The van der Waals surface area contributed by atoms with Crippen LogP contribution in [0, 0.1) is 5.82 Å². The number of hydrogen-bond donors (Lipinski definition) is 2. The first-order valence-corrected chi connectivity index (χ1v) is 5.12. The van der Waals surface area contributed by atoms with Gasteiger partial charge in [-0.2, -0.15) is 0 Å². The molecule has 2 aromatic rings. The van der Waals surface area contributed by atoms with Crippen LogP contribution in [-0.2, 0) is 0 Å². The number of hydrogen-bond acceptors (Lipinski definition) is 2. The smallest absolute Gasteiger partial charge is 0.146 e. The van der Waals surface area contributed by atoms with Crippen LogP contribution in [0.2, 0.25) is 5.02 Å². The molecule has 0 amide bonds. The van der Waals surface area contributed by atoms with E-state index < -0.39 is 0 Å². The van der Waals surface area contributed by atoms with E-state index in [0.717, 1.165) is 0 Å². The van der Waals surface area contributed by atoms with E-state index >= 15 is 0 Å². The zero-order chi connectivity index (χ0) is 11.5. The van der Waals surface area contributed by atoms with E-state index in [9.17, 15) is 4.39 Å². The van der Waals surface area contributed by atoms with E-state index in [0.29, 0.717) is 22.1 Å². The lowest BCUT2D eigenvalue weighted by Crippen LogP contribution is -1.98. The first kappa shape index (κ1) is 10.8. The van der Waals surface area contributed by atoms with Crippen LogP contribution >= 0.6 is 11.6 Å². The molecule has 0 heterocycles. The number of rotatable bonds is 2. The summed E-state index contributed by atoms with van der Waals surface area (Å²) in [5.41, 5.74) is 7.14. The highest BCUT2D eigenvalue weighted by Crippen LogP contribution is 2.29. The molecule has 0 radical (unpaired) electrons. The Kier molecular flexibility index (Phi) is 2.97. The van der Waals surface area contributed by atoms with Crippen molar-refractivity contribution < 1.29 is 4.39 Å². The molecule has 0 saturated carbocycles. The van der Waals surface area contributed by atoms with Crippen LogP contribution in [0.15, 0.2) is 42.5 Å². The van der Waals surface area contributed by atoms with Crippen LogP contribution in [0.1, 0.15) is 0 Å². The van der Waals surface area contributed by atoms with Crippen molar-refractivity contribution in [2.24, 2.45) is 0 Å². The predicted octanol–water partition coefficient (Wildman–Crippen LogP) is 3.80. The Morgan fingerprint density at radius 3 is 2.44 bits per heavy atom. The summed E-state index contributed by atoms with van der Waals surface area (Å²) < 4.78 is 13.4. The van der Waals surface area contributed by atoms with Gasteiger partial charge < -0.3 is 11.1 Å². The van der Waals surface area contributed by atoms with E-state index in [2.05, 4.69) is 5.32 Å². The highest BCUT2D eigenvalue weighted by molar-refractivity contribution is 6.33. The molecule has 0 atom stereocenters. The summed E-state index contributed by atoms with van der Waals surface area (Å²) in [6.45, 7) is 0. The van der Waals surface area contributed by atoms with Crippen LogP contribution < -0.4 is 11.1 Å². The fourth-order valence-electron chi connectivity index (χ4n) is 1.35. The molecule has 2 nitrogen and oxygen atoms in total. The number of nitrogens with two attached hydrogens (primary N) is 1. The molecule has 0 aliphatic carbocycles. The molecule has 0 spiro atoms. The minimum atomic E-state index is -0.332.